The normalized spacial score (nSPS) is 11.8. The number of hydrazone groups is 1. The third-order valence-electron chi connectivity index (χ3n) is 4.93. The predicted molar refractivity (Wildman–Crippen MR) is 134 cm³/mol. The molecule has 3 aromatic carbocycles. The van der Waals surface area contributed by atoms with Gasteiger partial charge in [0.25, 0.3) is 15.9 Å². The van der Waals surface area contributed by atoms with Gasteiger partial charge >= 0.3 is 0 Å². The molecule has 33 heavy (non-hydrogen) atoms. The number of benzene rings is 3. The van der Waals surface area contributed by atoms with Crippen LogP contribution in [0.2, 0.25) is 10.0 Å². The summed E-state index contributed by atoms with van der Waals surface area (Å²) in [6.07, 6.45) is 0. The van der Waals surface area contributed by atoms with Gasteiger partial charge in [0.1, 0.15) is 6.54 Å². The van der Waals surface area contributed by atoms with Crippen molar-refractivity contribution in [3.63, 3.8) is 0 Å². The van der Waals surface area contributed by atoms with E-state index in [2.05, 4.69) is 10.5 Å². The molecular weight excluding hydrogens is 481 g/mol. The van der Waals surface area contributed by atoms with Gasteiger partial charge in [-0.25, -0.2) is 13.8 Å². The summed E-state index contributed by atoms with van der Waals surface area (Å²) >= 11 is 12.0. The predicted octanol–water partition coefficient (Wildman–Crippen LogP) is 5.35. The quantitative estimate of drug-likeness (QED) is 0.348. The lowest BCUT2D eigenvalue weighted by Gasteiger charge is -2.25. The first-order valence-corrected chi connectivity index (χ1v) is 12.2. The first-order valence-electron chi connectivity index (χ1n) is 10.0. The first-order chi connectivity index (χ1) is 15.6. The van der Waals surface area contributed by atoms with Crippen LogP contribution < -0.4 is 9.73 Å². The summed E-state index contributed by atoms with van der Waals surface area (Å²) < 4.78 is 28.0. The number of nitrogens with zero attached hydrogens (tertiary/aromatic N) is 2. The highest BCUT2D eigenvalue weighted by Gasteiger charge is 2.28. The smallest absolute Gasteiger partial charge is 0.264 e. The molecule has 0 aliphatic carbocycles. The highest BCUT2D eigenvalue weighted by Crippen LogP contribution is 2.29. The molecular formula is C24H23Cl2N3O3S. The fourth-order valence-electron chi connectivity index (χ4n) is 3.10. The van der Waals surface area contributed by atoms with Gasteiger partial charge in [0.2, 0.25) is 0 Å². The molecule has 0 unspecified atom stereocenters. The SMILES string of the molecule is C/C(=N\NC(=O)CN(c1ccc(Cl)cc1C)S(=O)(=O)c1ccc(C)cc1)c1ccc(Cl)cc1. The highest BCUT2D eigenvalue weighted by molar-refractivity contribution is 7.92. The number of carbonyl (C=O) groups excluding carboxylic acids is 1. The Bertz CT molecular complexity index is 1290. The summed E-state index contributed by atoms with van der Waals surface area (Å²) in [6.45, 7) is 4.87. The molecule has 0 fully saturated rings. The fourth-order valence-corrected chi connectivity index (χ4v) is 4.94. The van der Waals surface area contributed by atoms with Crippen LogP contribution in [-0.2, 0) is 14.8 Å². The van der Waals surface area contributed by atoms with Crippen molar-refractivity contribution in [1.29, 1.82) is 0 Å². The van der Waals surface area contributed by atoms with Crippen molar-refractivity contribution in [3.05, 3.63) is 93.5 Å². The zero-order valence-electron chi connectivity index (χ0n) is 18.3. The minimum Gasteiger partial charge on any atom is -0.271 e. The number of anilines is 1. The van der Waals surface area contributed by atoms with E-state index in [0.717, 1.165) is 15.4 Å². The summed E-state index contributed by atoms with van der Waals surface area (Å²) in [5.41, 5.74) is 5.67. The van der Waals surface area contributed by atoms with E-state index in [4.69, 9.17) is 23.2 Å². The third kappa shape index (κ3) is 6.13. The van der Waals surface area contributed by atoms with Crippen molar-refractivity contribution in [2.75, 3.05) is 10.8 Å². The lowest BCUT2D eigenvalue weighted by Crippen LogP contribution is -2.40. The van der Waals surface area contributed by atoms with Crippen molar-refractivity contribution in [3.8, 4) is 0 Å². The molecule has 0 bridgehead atoms. The number of hydrogen-bond acceptors (Lipinski definition) is 4. The van der Waals surface area contributed by atoms with Gasteiger partial charge in [-0.2, -0.15) is 5.10 Å². The van der Waals surface area contributed by atoms with E-state index in [1.165, 1.54) is 12.1 Å². The lowest BCUT2D eigenvalue weighted by atomic mass is 10.1. The fraction of sp³-hybridized carbons (Fsp3) is 0.167. The molecule has 0 saturated carbocycles. The van der Waals surface area contributed by atoms with Gasteiger partial charge in [-0.15, -0.1) is 0 Å². The number of rotatable bonds is 7. The first kappa shape index (κ1) is 24.8. The summed E-state index contributed by atoms with van der Waals surface area (Å²) in [5.74, 6) is -0.589. The molecule has 6 nitrogen and oxygen atoms in total. The monoisotopic (exact) mass is 503 g/mol. The Morgan fingerprint density at radius 1 is 0.939 bits per heavy atom. The van der Waals surface area contributed by atoms with Crippen LogP contribution in [0.5, 0.6) is 0 Å². The molecule has 0 heterocycles. The van der Waals surface area contributed by atoms with Crippen LogP contribution in [0.25, 0.3) is 0 Å². The Labute approximate surface area is 203 Å². The van der Waals surface area contributed by atoms with Gasteiger partial charge in [-0.3, -0.25) is 9.10 Å². The standard InChI is InChI=1S/C24H23Cl2N3O3S/c1-16-4-11-22(12-5-16)33(31,32)29(23-13-10-21(26)14-17(23)2)15-24(30)28-27-18(3)19-6-8-20(25)9-7-19/h4-14H,15H2,1-3H3,(H,28,30)/b27-18+. The summed E-state index contributed by atoms with van der Waals surface area (Å²) in [6, 6.07) is 18.3. The number of aryl methyl sites for hydroxylation is 2. The molecule has 3 rings (SSSR count). The zero-order valence-corrected chi connectivity index (χ0v) is 20.7. The van der Waals surface area contributed by atoms with Crippen molar-refractivity contribution in [2.45, 2.75) is 25.7 Å². The molecule has 0 radical (unpaired) electrons. The number of halogens is 2. The van der Waals surface area contributed by atoms with Crippen molar-refractivity contribution in [1.82, 2.24) is 5.43 Å². The summed E-state index contributed by atoms with van der Waals surface area (Å²) in [5, 5.41) is 5.16. The molecule has 1 amide bonds. The van der Waals surface area contributed by atoms with Crippen LogP contribution in [0.4, 0.5) is 5.69 Å². The van der Waals surface area contributed by atoms with Crippen LogP contribution >= 0.6 is 23.2 Å². The minimum atomic E-state index is -4.03. The average molecular weight is 504 g/mol. The Hall–Kier alpha value is -2.87. The molecule has 172 valence electrons. The van der Waals surface area contributed by atoms with Crippen molar-refractivity contribution >= 4 is 50.5 Å². The van der Waals surface area contributed by atoms with E-state index in [-0.39, 0.29) is 4.90 Å². The van der Waals surface area contributed by atoms with E-state index in [1.54, 1.807) is 68.4 Å². The minimum absolute atomic E-state index is 0.0797. The third-order valence-corrected chi connectivity index (χ3v) is 7.20. The van der Waals surface area contributed by atoms with E-state index in [0.29, 0.717) is 27.0 Å². The number of sulfonamides is 1. The van der Waals surface area contributed by atoms with Crippen LogP contribution in [0.1, 0.15) is 23.6 Å². The molecule has 0 aliphatic heterocycles. The molecule has 0 aromatic heterocycles. The highest BCUT2D eigenvalue weighted by atomic mass is 35.5. The second-order valence-corrected chi connectivity index (χ2v) is 10.2. The zero-order chi connectivity index (χ0) is 24.2. The van der Waals surface area contributed by atoms with E-state index >= 15 is 0 Å². The van der Waals surface area contributed by atoms with Gasteiger partial charge in [-0.05, 0) is 74.4 Å². The number of hydrogen-bond donors (Lipinski definition) is 1. The van der Waals surface area contributed by atoms with Crippen LogP contribution in [0.3, 0.4) is 0 Å². The molecule has 0 atom stereocenters. The number of nitrogens with one attached hydrogen (secondary N) is 1. The van der Waals surface area contributed by atoms with Crippen molar-refractivity contribution < 1.29 is 13.2 Å². The van der Waals surface area contributed by atoms with Crippen LogP contribution in [0.15, 0.2) is 76.7 Å². The molecule has 1 N–H and O–H groups in total. The summed E-state index contributed by atoms with van der Waals surface area (Å²) in [4.78, 5) is 12.8. The largest absolute Gasteiger partial charge is 0.271 e. The maximum Gasteiger partial charge on any atom is 0.264 e. The average Bonchev–Trinajstić information content (AvgIpc) is 2.77. The summed E-state index contributed by atoms with van der Waals surface area (Å²) in [7, 11) is -4.03. The Morgan fingerprint density at radius 3 is 2.15 bits per heavy atom. The Morgan fingerprint density at radius 2 is 1.55 bits per heavy atom. The lowest BCUT2D eigenvalue weighted by molar-refractivity contribution is -0.119. The van der Waals surface area contributed by atoms with E-state index in [9.17, 15) is 13.2 Å². The second kappa shape index (κ2) is 10.4. The molecule has 3 aromatic rings. The maximum absolute atomic E-state index is 13.5. The molecule has 0 aliphatic rings. The topological polar surface area (TPSA) is 78.8 Å². The van der Waals surface area contributed by atoms with E-state index in [1.807, 2.05) is 6.92 Å². The Kier molecular flexibility index (Phi) is 7.79. The van der Waals surface area contributed by atoms with Gasteiger partial charge in [-0.1, -0.05) is 53.0 Å². The number of amides is 1. The van der Waals surface area contributed by atoms with Crippen molar-refractivity contribution in [2.24, 2.45) is 5.10 Å². The maximum atomic E-state index is 13.5. The van der Waals surface area contributed by atoms with Crippen LogP contribution in [-0.4, -0.2) is 26.6 Å². The Balaban J connectivity index is 1.91. The van der Waals surface area contributed by atoms with Gasteiger partial charge in [0.05, 0.1) is 16.3 Å². The van der Waals surface area contributed by atoms with Gasteiger partial charge < -0.3 is 0 Å². The van der Waals surface area contributed by atoms with E-state index < -0.39 is 22.5 Å². The molecule has 0 saturated heterocycles. The second-order valence-electron chi connectivity index (χ2n) is 7.49. The molecule has 9 heteroatoms. The molecule has 0 spiro atoms. The van der Waals surface area contributed by atoms with Gasteiger partial charge in [0, 0.05) is 10.0 Å². The van der Waals surface area contributed by atoms with Gasteiger partial charge in [0.15, 0.2) is 0 Å². The van der Waals surface area contributed by atoms with Crippen LogP contribution in [0, 0.1) is 13.8 Å². The number of carbonyl (C=O) groups is 1.